The van der Waals surface area contributed by atoms with Gasteiger partial charge in [0, 0.05) is 85.7 Å². The van der Waals surface area contributed by atoms with Crippen molar-refractivity contribution in [3.63, 3.8) is 0 Å². The predicted molar refractivity (Wildman–Crippen MR) is 485 cm³/mol. The Balaban J connectivity index is 0.000000120. The van der Waals surface area contributed by atoms with Gasteiger partial charge in [0.1, 0.15) is 42.0 Å². The molecule has 12 aromatic carbocycles. The molecule has 21 aromatic rings. The standard InChI is InChI=1S/C40H28N4.C34H24N5S.C31H18N3S.3Cu/c1-42-25-24-33-30(13-8-17-35(33)42)29-23-22-28-21-20-27-10-2-5-14-34(27)43(38(28)26-29)39-18-9-19-40(41-39)44-36-15-6-3-11-31(36)32-12-4-7-16-37(32)44;1-36-18-16-25-26(21-37(2)34(25)36)22-14-15-29-31(20-22)39(30-11-5-4-10-28(30)38(29)3)33-13-7-9-27(35-33)23-8-6-12-32-24(23)17-19-40-32;1-2-9-22(10-3-1)24-12-8-13-25(21-24)34-27-15-6-7-16-28(27)35-29-17-18-30(32-31(29)34)33-20-19-23-11-4-5-14-26(23)33;;;/h2-15,17-19,22-25H,20-21H2,1H3;4-15,18-19,21H,1-3H3;1-9,11-13,15-20H;;;/q-2;2*-3;;;. The van der Waals surface area contributed by atoms with Crippen LogP contribution in [0.3, 0.4) is 0 Å². The summed E-state index contributed by atoms with van der Waals surface area (Å²) in [5, 5.41) is 8.97. The fourth-order valence-corrected chi connectivity index (χ4v) is 19.1. The molecule has 24 rings (SSSR count). The van der Waals surface area contributed by atoms with Crippen molar-refractivity contribution >= 4 is 151 Å². The van der Waals surface area contributed by atoms with Crippen LogP contribution in [0.4, 0.5) is 63.0 Å². The summed E-state index contributed by atoms with van der Waals surface area (Å²) in [5.41, 5.74) is 25.0. The third kappa shape index (κ3) is 13.7. The summed E-state index contributed by atoms with van der Waals surface area (Å²) in [7, 11) is 8.35. The van der Waals surface area contributed by atoms with Crippen molar-refractivity contribution in [1.82, 2.24) is 33.2 Å². The van der Waals surface area contributed by atoms with Gasteiger partial charge in [0.05, 0.1) is 22.0 Å². The molecule has 0 atom stereocenters. The van der Waals surface area contributed by atoms with Gasteiger partial charge in [-0.1, -0.05) is 160 Å². The predicted octanol–water partition coefficient (Wildman–Crippen LogP) is 25.1. The molecule has 0 N–H and O–H groups in total. The summed E-state index contributed by atoms with van der Waals surface area (Å²) in [4.78, 5) is 27.1. The number of benzene rings is 12. The maximum Gasteiger partial charge on any atom is 0.152 e. The number of aryl methyl sites for hydroxylation is 5. The first-order valence-corrected chi connectivity index (χ1v) is 41.4. The van der Waals surface area contributed by atoms with Crippen LogP contribution in [-0.2, 0) is 85.2 Å². The van der Waals surface area contributed by atoms with Crippen LogP contribution < -0.4 is 24.2 Å². The second-order valence-electron chi connectivity index (χ2n) is 30.0. The molecule has 0 saturated heterocycles. The minimum Gasteiger partial charge on any atom is -0.400 e. The van der Waals surface area contributed by atoms with Crippen LogP contribution in [0.15, 0.2) is 337 Å². The van der Waals surface area contributed by atoms with E-state index in [1.54, 1.807) is 23.1 Å². The second kappa shape index (κ2) is 32.8. The van der Waals surface area contributed by atoms with Crippen molar-refractivity contribution < 1.29 is 55.8 Å². The van der Waals surface area contributed by atoms with Gasteiger partial charge in [-0.3, -0.25) is 4.57 Å². The number of para-hydroxylation sites is 7. The molecule has 603 valence electrons. The van der Waals surface area contributed by atoms with Crippen molar-refractivity contribution in [3.8, 4) is 56.3 Å². The first-order chi connectivity index (χ1) is 58.7. The van der Waals surface area contributed by atoms with Crippen LogP contribution in [0.1, 0.15) is 11.1 Å². The molecule has 0 unspecified atom stereocenters. The van der Waals surface area contributed by atoms with Gasteiger partial charge in [-0.25, -0.2) is 37.4 Å². The number of anilines is 11. The topological polar surface area (TPSA) is 75.2 Å². The van der Waals surface area contributed by atoms with E-state index in [2.05, 4.69) is 399 Å². The summed E-state index contributed by atoms with van der Waals surface area (Å²) in [5.74, 6) is 4.34. The number of thiophene rings is 1. The molecule has 3 radical (unpaired) electrons. The Kier molecular flexibility index (Phi) is 21.1. The van der Waals surface area contributed by atoms with Crippen LogP contribution in [-0.4, -0.2) is 40.3 Å². The number of pyridine rings is 3. The van der Waals surface area contributed by atoms with Crippen molar-refractivity contribution in [2.75, 3.05) is 26.6 Å². The fourth-order valence-electron chi connectivity index (χ4n) is 17.4. The number of nitrogens with zero attached hydrogens (tertiary/aromatic N) is 12. The second-order valence-corrected chi connectivity index (χ2v) is 32.0. The van der Waals surface area contributed by atoms with Gasteiger partial charge < -0.3 is 37.9 Å². The molecule has 0 aliphatic carbocycles. The Morgan fingerprint density at radius 3 is 2.02 bits per heavy atom. The molecule has 0 fully saturated rings. The van der Waals surface area contributed by atoms with Crippen molar-refractivity contribution in [1.29, 1.82) is 0 Å². The Hall–Kier alpha value is -13.1. The van der Waals surface area contributed by atoms with Gasteiger partial charge >= 0.3 is 0 Å². The quantitative estimate of drug-likeness (QED) is 0.0804. The van der Waals surface area contributed by atoms with E-state index >= 15 is 0 Å². The minimum atomic E-state index is 0. The summed E-state index contributed by atoms with van der Waals surface area (Å²) < 4.78 is 12.0. The van der Waals surface area contributed by atoms with Gasteiger partial charge in [0.2, 0.25) is 0 Å². The molecule has 0 spiro atoms. The maximum atomic E-state index is 5.38. The van der Waals surface area contributed by atoms with Gasteiger partial charge in [-0.15, -0.1) is 105 Å². The van der Waals surface area contributed by atoms with E-state index in [0.29, 0.717) is 0 Å². The Morgan fingerprint density at radius 2 is 1.13 bits per heavy atom. The number of aromatic nitrogens is 8. The third-order valence-electron chi connectivity index (χ3n) is 23.0. The van der Waals surface area contributed by atoms with E-state index in [9.17, 15) is 0 Å². The summed E-state index contributed by atoms with van der Waals surface area (Å²) in [6, 6.07) is 132. The molecule has 0 bridgehead atoms. The first kappa shape index (κ1) is 78.7. The zero-order valence-electron chi connectivity index (χ0n) is 66.2. The van der Waals surface area contributed by atoms with E-state index in [-0.39, 0.29) is 51.2 Å². The van der Waals surface area contributed by atoms with Crippen LogP contribution in [0.5, 0.6) is 0 Å². The Bertz CT molecular complexity index is 7510. The zero-order chi connectivity index (χ0) is 79.3. The molecule has 12 nitrogen and oxygen atoms in total. The van der Waals surface area contributed by atoms with Crippen molar-refractivity contribution in [2.45, 2.75) is 22.6 Å². The Morgan fingerprint density at radius 1 is 0.434 bits per heavy atom. The van der Waals surface area contributed by atoms with E-state index in [1.807, 2.05) is 48.0 Å². The molecule has 3 aliphatic heterocycles. The van der Waals surface area contributed by atoms with Crippen LogP contribution in [0.25, 0.3) is 121 Å². The van der Waals surface area contributed by atoms with E-state index in [1.165, 1.54) is 48.0 Å². The molecular weight excluding hydrogens is 1680 g/mol. The summed E-state index contributed by atoms with van der Waals surface area (Å²) in [6.07, 6.45) is 10.2. The number of fused-ring (bicyclic) bond motifs is 13. The monoisotopic (exact) mass is 1750 g/mol. The number of rotatable bonds is 9. The smallest absolute Gasteiger partial charge is 0.152 e. The van der Waals surface area contributed by atoms with E-state index < -0.39 is 0 Å². The van der Waals surface area contributed by atoms with Gasteiger partial charge in [-0.2, -0.15) is 109 Å². The zero-order valence-corrected chi connectivity index (χ0v) is 70.6. The molecule has 122 heavy (non-hydrogen) atoms. The van der Waals surface area contributed by atoms with Gasteiger partial charge in [-0.05, 0) is 145 Å². The molecule has 3 aliphatic rings. The van der Waals surface area contributed by atoms with Crippen molar-refractivity contribution in [2.24, 2.45) is 21.1 Å². The molecule has 9 aromatic heterocycles. The largest absolute Gasteiger partial charge is 0.400 e. The number of hydrogen-bond donors (Lipinski definition) is 0. The molecule has 17 heteroatoms. The van der Waals surface area contributed by atoms with Crippen LogP contribution >= 0.6 is 23.1 Å². The molecule has 0 saturated carbocycles. The third-order valence-corrected chi connectivity index (χ3v) is 24.9. The molecule has 12 heterocycles. The summed E-state index contributed by atoms with van der Waals surface area (Å²) >= 11 is 3.45. The average molecular weight is 1750 g/mol. The van der Waals surface area contributed by atoms with Crippen LogP contribution in [0.2, 0.25) is 0 Å². The molecule has 0 amide bonds. The van der Waals surface area contributed by atoms with E-state index in [0.717, 1.165) is 170 Å². The van der Waals surface area contributed by atoms with Crippen LogP contribution in [0, 0.1) is 48.5 Å². The fraction of sp³-hybridized carbons (Fsp3) is 0.0571. The Labute approximate surface area is 747 Å². The molecular formula is C105H70Cu3N12S2-8. The summed E-state index contributed by atoms with van der Waals surface area (Å²) in [6.45, 7) is 0. The average Bonchev–Trinajstić information content (AvgIpc) is 1.01. The maximum absolute atomic E-state index is 5.38. The minimum absolute atomic E-state index is 0. The van der Waals surface area contributed by atoms with E-state index in [4.69, 9.17) is 15.0 Å². The SMILES string of the molecule is CN1c2ccc(-c3cn(C)c4c3[c-]cn4C)[c-]c2N(c2cccc(-c3cccc4sc[c-]c34)n2)c2ccccc21.C[n+]1c[cH-]c2c(-c3[c-]c4c(cc3)CCc3ccccc3N4c3cccc(-n4c5[c-]cccc5c5ccccc54)n3)cccc21.[Cu].[Cu].[Cu].[c-]1ccccc1-c1[c-]c(N2c3ccccc3Sc3ccc(-n4ccc5ccc[c-]c54)nc32)ccc1. The van der Waals surface area contributed by atoms with Gasteiger partial charge in [0.25, 0.3) is 0 Å². The van der Waals surface area contributed by atoms with Gasteiger partial charge in [0.15, 0.2) is 5.82 Å². The number of hydrogen-bond acceptors (Lipinski definition) is 9. The van der Waals surface area contributed by atoms with Crippen molar-refractivity contribution in [3.05, 3.63) is 387 Å². The first-order valence-electron chi connectivity index (χ1n) is 39.7. The normalized spacial score (nSPS) is 12.4.